The van der Waals surface area contributed by atoms with Gasteiger partial charge in [0.15, 0.2) is 0 Å². The zero-order valence-corrected chi connectivity index (χ0v) is 14.7. The predicted octanol–water partition coefficient (Wildman–Crippen LogP) is 3.65. The molecular weight excluding hydrogens is 357 g/mol. The third-order valence-electron chi connectivity index (χ3n) is 4.73. The molecule has 5 nitrogen and oxygen atoms in total. The van der Waals surface area contributed by atoms with E-state index in [0.717, 1.165) is 25.0 Å². The highest BCUT2D eigenvalue weighted by Gasteiger charge is 2.30. The molecule has 0 aliphatic carbocycles. The number of rotatable bonds is 4. The molecule has 27 heavy (non-hydrogen) atoms. The lowest BCUT2D eigenvalue weighted by molar-refractivity contribution is -0.137. The van der Waals surface area contributed by atoms with Crippen LogP contribution in [0.15, 0.2) is 42.6 Å². The van der Waals surface area contributed by atoms with Gasteiger partial charge < -0.3 is 16.0 Å². The fraction of sp³-hybridized carbons (Fsp3) is 0.368. The van der Waals surface area contributed by atoms with Crippen molar-refractivity contribution in [3.63, 3.8) is 0 Å². The Labute approximate surface area is 155 Å². The standard InChI is InChI=1S/C19H21F3N4O/c20-19(21,22)14-3-1-4-15(11-14)25-17-16(5-2-8-24-17)18(27)26-9-6-13(12-23)7-10-26/h1-5,8,11,13H,6-7,9-10,12,23H2,(H,24,25). The van der Waals surface area contributed by atoms with Crippen LogP contribution in [0.4, 0.5) is 24.7 Å². The summed E-state index contributed by atoms with van der Waals surface area (Å²) in [4.78, 5) is 18.8. The van der Waals surface area contributed by atoms with E-state index in [1.54, 1.807) is 17.0 Å². The molecule has 1 aliphatic rings. The second kappa shape index (κ2) is 7.96. The number of aromatic nitrogens is 1. The first-order valence-electron chi connectivity index (χ1n) is 8.77. The zero-order chi connectivity index (χ0) is 19.4. The highest BCUT2D eigenvalue weighted by atomic mass is 19.4. The summed E-state index contributed by atoms with van der Waals surface area (Å²) < 4.78 is 38.7. The summed E-state index contributed by atoms with van der Waals surface area (Å²) in [5.41, 5.74) is 5.48. The van der Waals surface area contributed by atoms with Crippen LogP contribution in [0.5, 0.6) is 0 Å². The van der Waals surface area contributed by atoms with Gasteiger partial charge in [-0.25, -0.2) is 4.98 Å². The van der Waals surface area contributed by atoms with Crippen LogP contribution in [0.3, 0.4) is 0 Å². The van der Waals surface area contributed by atoms with Gasteiger partial charge in [-0.1, -0.05) is 6.07 Å². The largest absolute Gasteiger partial charge is 0.416 e. The number of benzene rings is 1. The summed E-state index contributed by atoms with van der Waals surface area (Å²) in [7, 11) is 0. The average molecular weight is 378 g/mol. The van der Waals surface area contributed by atoms with Crippen LogP contribution in [-0.2, 0) is 6.18 Å². The van der Waals surface area contributed by atoms with Crippen molar-refractivity contribution in [2.75, 3.05) is 25.0 Å². The van der Waals surface area contributed by atoms with Crippen molar-refractivity contribution in [1.29, 1.82) is 0 Å². The van der Waals surface area contributed by atoms with Gasteiger partial charge in [0.1, 0.15) is 5.82 Å². The molecule has 2 heterocycles. The number of carbonyl (C=O) groups is 1. The molecular formula is C19H21F3N4O. The third-order valence-corrected chi connectivity index (χ3v) is 4.73. The number of carbonyl (C=O) groups excluding carboxylic acids is 1. The highest BCUT2D eigenvalue weighted by Crippen LogP contribution is 2.31. The lowest BCUT2D eigenvalue weighted by atomic mass is 9.96. The summed E-state index contributed by atoms with van der Waals surface area (Å²) >= 11 is 0. The molecule has 1 fully saturated rings. The minimum Gasteiger partial charge on any atom is -0.340 e. The average Bonchev–Trinajstić information content (AvgIpc) is 2.67. The first-order chi connectivity index (χ1) is 12.9. The summed E-state index contributed by atoms with van der Waals surface area (Å²) in [5.74, 6) is 0.474. The van der Waals surface area contributed by atoms with Crippen molar-refractivity contribution in [3.05, 3.63) is 53.7 Å². The minimum atomic E-state index is -4.44. The second-order valence-corrected chi connectivity index (χ2v) is 6.57. The summed E-state index contributed by atoms with van der Waals surface area (Å²) in [6, 6.07) is 8.07. The van der Waals surface area contributed by atoms with Gasteiger partial charge in [-0.3, -0.25) is 4.79 Å². The summed E-state index contributed by atoms with van der Waals surface area (Å²) in [6.45, 7) is 1.83. The van der Waals surface area contributed by atoms with Crippen LogP contribution >= 0.6 is 0 Å². The molecule has 144 valence electrons. The van der Waals surface area contributed by atoms with Crippen LogP contribution in [-0.4, -0.2) is 35.4 Å². The maximum atomic E-state index is 12.9. The van der Waals surface area contributed by atoms with Gasteiger partial charge in [0.2, 0.25) is 0 Å². The Bertz CT molecular complexity index is 802. The Morgan fingerprint density at radius 3 is 2.63 bits per heavy atom. The maximum absolute atomic E-state index is 12.9. The van der Waals surface area contributed by atoms with E-state index in [1.807, 2.05) is 0 Å². The molecule has 1 aromatic carbocycles. The summed E-state index contributed by atoms with van der Waals surface area (Å²) in [6.07, 6.45) is -1.25. The Kier molecular flexibility index (Phi) is 5.65. The smallest absolute Gasteiger partial charge is 0.340 e. The van der Waals surface area contributed by atoms with E-state index < -0.39 is 11.7 Å². The van der Waals surface area contributed by atoms with E-state index in [9.17, 15) is 18.0 Å². The van der Waals surface area contributed by atoms with E-state index in [2.05, 4.69) is 10.3 Å². The molecule has 1 saturated heterocycles. The molecule has 0 radical (unpaired) electrons. The number of likely N-dealkylation sites (tertiary alicyclic amines) is 1. The molecule has 3 N–H and O–H groups in total. The monoisotopic (exact) mass is 378 g/mol. The van der Waals surface area contributed by atoms with E-state index >= 15 is 0 Å². The number of nitrogens with zero attached hydrogens (tertiary/aromatic N) is 2. The fourth-order valence-corrected chi connectivity index (χ4v) is 3.13. The number of pyridine rings is 1. The van der Waals surface area contributed by atoms with E-state index in [0.29, 0.717) is 31.1 Å². The number of nitrogens with two attached hydrogens (primary N) is 1. The van der Waals surface area contributed by atoms with Crippen LogP contribution < -0.4 is 11.1 Å². The van der Waals surface area contributed by atoms with E-state index in [-0.39, 0.29) is 17.4 Å². The first kappa shape index (κ1) is 19.2. The van der Waals surface area contributed by atoms with Gasteiger partial charge in [-0.05, 0) is 55.6 Å². The molecule has 3 rings (SSSR count). The highest BCUT2D eigenvalue weighted by molar-refractivity contribution is 5.99. The van der Waals surface area contributed by atoms with Crippen molar-refractivity contribution < 1.29 is 18.0 Å². The minimum absolute atomic E-state index is 0.187. The molecule has 2 aromatic rings. The topological polar surface area (TPSA) is 71.2 Å². The Morgan fingerprint density at radius 2 is 1.96 bits per heavy atom. The van der Waals surface area contributed by atoms with E-state index in [1.165, 1.54) is 18.3 Å². The second-order valence-electron chi connectivity index (χ2n) is 6.57. The van der Waals surface area contributed by atoms with Gasteiger partial charge in [-0.15, -0.1) is 0 Å². The number of nitrogens with one attached hydrogen (secondary N) is 1. The van der Waals surface area contributed by atoms with Crippen molar-refractivity contribution in [2.24, 2.45) is 11.7 Å². The number of alkyl halides is 3. The Morgan fingerprint density at radius 1 is 1.22 bits per heavy atom. The lowest BCUT2D eigenvalue weighted by Crippen LogP contribution is -2.40. The van der Waals surface area contributed by atoms with Gasteiger partial charge in [0, 0.05) is 25.0 Å². The molecule has 0 atom stereocenters. The van der Waals surface area contributed by atoms with E-state index in [4.69, 9.17) is 5.73 Å². The number of hydrogen-bond donors (Lipinski definition) is 2. The first-order valence-corrected chi connectivity index (χ1v) is 8.77. The molecule has 1 amide bonds. The van der Waals surface area contributed by atoms with Crippen LogP contribution in [0.1, 0.15) is 28.8 Å². The van der Waals surface area contributed by atoms with Crippen molar-refractivity contribution in [2.45, 2.75) is 19.0 Å². The maximum Gasteiger partial charge on any atom is 0.416 e. The SMILES string of the molecule is NCC1CCN(C(=O)c2cccnc2Nc2cccc(C(F)(F)F)c2)CC1. The van der Waals surface area contributed by atoms with Crippen LogP contribution in [0.2, 0.25) is 0 Å². The summed E-state index contributed by atoms with van der Waals surface area (Å²) in [5, 5.41) is 2.85. The van der Waals surface area contributed by atoms with Crippen LogP contribution in [0, 0.1) is 5.92 Å². The Balaban J connectivity index is 1.80. The predicted molar refractivity (Wildman–Crippen MR) is 96.6 cm³/mol. The lowest BCUT2D eigenvalue weighted by Gasteiger charge is -2.31. The normalized spacial score (nSPS) is 15.6. The third kappa shape index (κ3) is 4.57. The molecule has 0 spiro atoms. The number of hydrogen-bond acceptors (Lipinski definition) is 4. The quantitative estimate of drug-likeness (QED) is 0.852. The molecule has 0 saturated carbocycles. The van der Waals surface area contributed by atoms with Crippen molar-refractivity contribution >= 4 is 17.4 Å². The molecule has 8 heteroatoms. The number of piperidine rings is 1. The number of anilines is 2. The molecule has 0 bridgehead atoms. The number of amides is 1. The molecule has 0 unspecified atom stereocenters. The molecule has 1 aliphatic heterocycles. The van der Waals surface area contributed by atoms with Gasteiger partial charge in [-0.2, -0.15) is 13.2 Å². The van der Waals surface area contributed by atoms with Crippen molar-refractivity contribution in [1.82, 2.24) is 9.88 Å². The number of halogens is 3. The van der Waals surface area contributed by atoms with Gasteiger partial charge in [0.05, 0.1) is 11.1 Å². The van der Waals surface area contributed by atoms with Crippen molar-refractivity contribution in [3.8, 4) is 0 Å². The fourth-order valence-electron chi connectivity index (χ4n) is 3.13. The zero-order valence-electron chi connectivity index (χ0n) is 14.7. The van der Waals surface area contributed by atoms with Gasteiger partial charge in [0.25, 0.3) is 5.91 Å². The van der Waals surface area contributed by atoms with Crippen LogP contribution in [0.25, 0.3) is 0 Å². The van der Waals surface area contributed by atoms with Gasteiger partial charge >= 0.3 is 6.18 Å². The Hall–Kier alpha value is -2.61. The molecule has 1 aromatic heterocycles.